The van der Waals surface area contributed by atoms with Gasteiger partial charge in [0.05, 0.1) is 6.04 Å². The Morgan fingerprint density at radius 3 is 2.00 bits per heavy atom. The Balaban J connectivity index is 2.79. The van der Waals surface area contributed by atoms with Gasteiger partial charge in [-0.1, -0.05) is 27.7 Å². The molecule has 2 amide bonds. The van der Waals surface area contributed by atoms with Crippen LogP contribution in [0.15, 0.2) is 0 Å². The molecule has 4 heteroatoms. The lowest BCUT2D eigenvalue weighted by Crippen LogP contribution is -2.71. The molecule has 1 fully saturated rings. The third-order valence-corrected chi connectivity index (χ3v) is 3.12. The summed E-state index contributed by atoms with van der Waals surface area (Å²) in [6.45, 7) is 7.45. The summed E-state index contributed by atoms with van der Waals surface area (Å²) in [5.74, 6) is 0.200. The zero-order valence-corrected chi connectivity index (χ0v) is 9.39. The third kappa shape index (κ3) is 1.29. The molecule has 0 spiro atoms. The lowest BCUT2D eigenvalue weighted by atomic mass is 9.51. The van der Waals surface area contributed by atoms with Crippen LogP contribution in [0.1, 0.15) is 27.7 Å². The first kappa shape index (κ1) is 11.0. The van der Waals surface area contributed by atoms with Crippen molar-refractivity contribution in [1.82, 2.24) is 10.6 Å². The van der Waals surface area contributed by atoms with Crippen molar-refractivity contribution in [3.63, 3.8) is 0 Å². The molecular formula is C10H18N2O2. The molecule has 14 heavy (non-hydrogen) atoms. The van der Waals surface area contributed by atoms with Crippen molar-refractivity contribution in [3.8, 4) is 0 Å². The minimum atomic E-state index is -0.448. The number of Topliss-reactive ketones (excluding diaryl/α,β-unsaturated/α-hetero) is 1. The number of carbonyl (C=O) groups is 2. The SMILES string of the molecule is CNC(=O)NC1C(C)(C)C(=O)C1(C)C. The van der Waals surface area contributed by atoms with Gasteiger partial charge >= 0.3 is 6.03 Å². The fraction of sp³-hybridized carbons (Fsp3) is 0.800. The standard InChI is InChI=1S/C10H18N2O2/c1-9(2)6(12-8(14)11-5)10(3,4)7(9)13/h6H,1-5H3,(H2,11,12,14). The lowest BCUT2D eigenvalue weighted by Gasteiger charge is -2.55. The topological polar surface area (TPSA) is 58.2 Å². The smallest absolute Gasteiger partial charge is 0.314 e. The highest BCUT2D eigenvalue weighted by molar-refractivity contribution is 5.98. The van der Waals surface area contributed by atoms with Crippen LogP contribution in [0.5, 0.6) is 0 Å². The highest BCUT2D eigenvalue weighted by Gasteiger charge is 2.61. The summed E-state index contributed by atoms with van der Waals surface area (Å²) in [6.07, 6.45) is 0. The van der Waals surface area contributed by atoms with Crippen LogP contribution in [-0.2, 0) is 4.79 Å². The number of rotatable bonds is 1. The minimum absolute atomic E-state index is 0.0950. The molecule has 0 heterocycles. The largest absolute Gasteiger partial charge is 0.341 e. The Bertz CT molecular complexity index is 264. The van der Waals surface area contributed by atoms with Gasteiger partial charge in [0.15, 0.2) is 0 Å². The van der Waals surface area contributed by atoms with E-state index in [1.165, 1.54) is 0 Å². The van der Waals surface area contributed by atoms with Crippen LogP contribution in [0.3, 0.4) is 0 Å². The van der Waals surface area contributed by atoms with Gasteiger partial charge in [-0.15, -0.1) is 0 Å². The maximum atomic E-state index is 11.7. The van der Waals surface area contributed by atoms with Gasteiger partial charge in [-0.05, 0) is 0 Å². The van der Waals surface area contributed by atoms with Gasteiger partial charge in [-0.25, -0.2) is 4.79 Å². The summed E-state index contributed by atoms with van der Waals surface area (Å²) in [7, 11) is 1.57. The molecule has 0 radical (unpaired) electrons. The van der Waals surface area contributed by atoms with Gasteiger partial charge in [0.2, 0.25) is 0 Å². The number of amides is 2. The quantitative estimate of drug-likeness (QED) is 0.658. The Kier molecular flexibility index (Phi) is 2.34. The molecule has 1 rings (SSSR count). The number of urea groups is 1. The van der Waals surface area contributed by atoms with E-state index < -0.39 is 10.8 Å². The molecule has 0 aromatic rings. The predicted octanol–water partition coefficient (Wildman–Crippen LogP) is 0.919. The van der Waals surface area contributed by atoms with Gasteiger partial charge < -0.3 is 10.6 Å². The Morgan fingerprint density at radius 1 is 1.21 bits per heavy atom. The fourth-order valence-corrected chi connectivity index (χ4v) is 2.48. The maximum absolute atomic E-state index is 11.7. The van der Waals surface area contributed by atoms with Crippen LogP contribution in [0.4, 0.5) is 4.79 Å². The second-order valence-electron chi connectivity index (χ2n) is 4.93. The second kappa shape index (κ2) is 2.97. The van der Waals surface area contributed by atoms with Gasteiger partial charge in [0.1, 0.15) is 5.78 Å². The predicted molar refractivity (Wildman–Crippen MR) is 53.9 cm³/mol. The van der Waals surface area contributed by atoms with Crippen LogP contribution in [0, 0.1) is 10.8 Å². The number of carbonyl (C=O) groups excluding carboxylic acids is 2. The third-order valence-electron chi connectivity index (χ3n) is 3.12. The number of hydrogen-bond donors (Lipinski definition) is 2. The molecule has 1 aliphatic rings. The number of nitrogens with one attached hydrogen (secondary N) is 2. The van der Waals surface area contributed by atoms with Gasteiger partial charge in [-0.2, -0.15) is 0 Å². The zero-order valence-electron chi connectivity index (χ0n) is 9.39. The van der Waals surface area contributed by atoms with Crippen molar-refractivity contribution in [1.29, 1.82) is 0 Å². The van der Waals surface area contributed by atoms with Crippen LogP contribution < -0.4 is 10.6 Å². The molecular weight excluding hydrogens is 180 g/mol. The summed E-state index contributed by atoms with van der Waals surface area (Å²) in [5.41, 5.74) is -0.897. The maximum Gasteiger partial charge on any atom is 0.314 e. The van der Waals surface area contributed by atoms with E-state index in [0.717, 1.165) is 0 Å². The molecule has 1 saturated carbocycles. The summed E-state index contributed by atoms with van der Waals surface area (Å²) in [6, 6.07) is -0.328. The summed E-state index contributed by atoms with van der Waals surface area (Å²) in [5, 5.41) is 5.30. The second-order valence-corrected chi connectivity index (χ2v) is 4.93. The van der Waals surface area contributed by atoms with Gasteiger partial charge in [0.25, 0.3) is 0 Å². The molecule has 0 atom stereocenters. The van der Waals surface area contributed by atoms with E-state index in [2.05, 4.69) is 10.6 Å². The molecule has 0 unspecified atom stereocenters. The fourth-order valence-electron chi connectivity index (χ4n) is 2.48. The average Bonchev–Trinajstić information content (AvgIpc) is 2.11. The van der Waals surface area contributed by atoms with Crippen molar-refractivity contribution in [2.75, 3.05) is 7.05 Å². The first-order valence-corrected chi connectivity index (χ1v) is 4.77. The van der Waals surface area contributed by atoms with E-state index >= 15 is 0 Å². The van der Waals surface area contributed by atoms with E-state index in [0.29, 0.717) is 0 Å². The Labute approximate surface area is 84.4 Å². The van der Waals surface area contributed by atoms with E-state index in [4.69, 9.17) is 0 Å². The van der Waals surface area contributed by atoms with Crippen LogP contribution in [0.2, 0.25) is 0 Å². The first-order valence-electron chi connectivity index (χ1n) is 4.77. The van der Waals surface area contributed by atoms with E-state index in [1.807, 2.05) is 27.7 Å². The highest BCUT2D eigenvalue weighted by atomic mass is 16.2. The zero-order chi connectivity index (χ0) is 11.1. The van der Waals surface area contributed by atoms with Gasteiger partial charge in [0, 0.05) is 17.9 Å². The van der Waals surface area contributed by atoms with Crippen molar-refractivity contribution < 1.29 is 9.59 Å². The highest BCUT2D eigenvalue weighted by Crippen LogP contribution is 2.49. The monoisotopic (exact) mass is 198 g/mol. The van der Waals surface area contributed by atoms with E-state index in [9.17, 15) is 9.59 Å². The Morgan fingerprint density at radius 2 is 1.64 bits per heavy atom. The number of ketones is 1. The molecule has 1 aliphatic carbocycles. The van der Waals surface area contributed by atoms with Crippen molar-refractivity contribution >= 4 is 11.8 Å². The summed E-state index contributed by atoms with van der Waals surface area (Å²) in [4.78, 5) is 22.9. The van der Waals surface area contributed by atoms with Crippen molar-refractivity contribution in [3.05, 3.63) is 0 Å². The molecule has 0 aromatic heterocycles. The van der Waals surface area contributed by atoms with Crippen LogP contribution >= 0.6 is 0 Å². The van der Waals surface area contributed by atoms with Crippen LogP contribution in [-0.4, -0.2) is 24.9 Å². The molecule has 0 aliphatic heterocycles. The summed E-state index contributed by atoms with van der Waals surface area (Å²) >= 11 is 0. The first-order chi connectivity index (χ1) is 6.24. The molecule has 0 saturated heterocycles. The molecule has 80 valence electrons. The minimum Gasteiger partial charge on any atom is -0.341 e. The average molecular weight is 198 g/mol. The summed E-state index contributed by atoms with van der Waals surface area (Å²) < 4.78 is 0. The van der Waals surface area contributed by atoms with Crippen LogP contribution in [0.25, 0.3) is 0 Å². The molecule has 2 N–H and O–H groups in total. The number of hydrogen-bond acceptors (Lipinski definition) is 2. The normalized spacial score (nSPS) is 23.9. The lowest BCUT2D eigenvalue weighted by molar-refractivity contribution is -0.157. The Hall–Kier alpha value is -1.06. The van der Waals surface area contributed by atoms with Crippen molar-refractivity contribution in [2.24, 2.45) is 10.8 Å². The van der Waals surface area contributed by atoms with Gasteiger partial charge in [-0.3, -0.25) is 4.79 Å². The van der Waals surface area contributed by atoms with E-state index in [-0.39, 0.29) is 17.9 Å². The molecule has 4 nitrogen and oxygen atoms in total. The van der Waals surface area contributed by atoms with E-state index in [1.54, 1.807) is 7.05 Å². The molecule has 0 aromatic carbocycles. The molecule has 0 bridgehead atoms. The van der Waals surface area contributed by atoms with Crippen molar-refractivity contribution in [2.45, 2.75) is 33.7 Å².